The van der Waals surface area contributed by atoms with Gasteiger partial charge in [0.15, 0.2) is 0 Å². The normalized spacial score (nSPS) is 17.9. The first kappa shape index (κ1) is 11.9. The van der Waals surface area contributed by atoms with Crippen LogP contribution >= 0.6 is 0 Å². The van der Waals surface area contributed by atoms with Gasteiger partial charge in [-0.1, -0.05) is 25.0 Å². The molecule has 0 unspecified atom stereocenters. The zero-order valence-corrected chi connectivity index (χ0v) is 9.78. The van der Waals surface area contributed by atoms with Crippen LogP contribution in [0.1, 0.15) is 25.7 Å². The third-order valence-corrected chi connectivity index (χ3v) is 3.59. The zero-order valence-electron chi connectivity index (χ0n) is 9.78. The second kappa shape index (κ2) is 4.75. The van der Waals surface area contributed by atoms with Gasteiger partial charge in [-0.15, -0.1) is 0 Å². The van der Waals surface area contributed by atoms with Gasteiger partial charge in [0.1, 0.15) is 5.75 Å². The van der Waals surface area contributed by atoms with E-state index in [-0.39, 0.29) is 11.7 Å². The predicted molar refractivity (Wildman–Crippen MR) is 66.7 cm³/mol. The number of phenols is 1. The highest BCUT2D eigenvalue weighted by Gasteiger charge is 2.39. The van der Waals surface area contributed by atoms with Crippen LogP contribution in [0.25, 0.3) is 0 Å². The van der Waals surface area contributed by atoms with E-state index in [1.54, 1.807) is 24.3 Å². The number of para-hydroxylation sites is 2. The van der Waals surface area contributed by atoms with Crippen molar-refractivity contribution in [2.45, 2.75) is 25.7 Å². The third kappa shape index (κ3) is 2.26. The first-order chi connectivity index (χ1) is 8.18. The largest absolute Gasteiger partial charge is 0.506 e. The number of carbonyl (C=O) groups is 1. The van der Waals surface area contributed by atoms with Gasteiger partial charge in [0, 0.05) is 6.54 Å². The van der Waals surface area contributed by atoms with E-state index in [1.165, 1.54) is 0 Å². The highest BCUT2D eigenvalue weighted by Crippen LogP contribution is 2.38. The van der Waals surface area contributed by atoms with Gasteiger partial charge < -0.3 is 16.2 Å². The molecule has 1 aromatic carbocycles. The Morgan fingerprint density at radius 3 is 2.59 bits per heavy atom. The average Bonchev–Trinajstić information content (AvgIpc) is 2.82. The monoisotopic (exact) mass is 234 g/mol. The molecule has 0 radical (unpaired) electrons. The molecule has 1 aliphatic carbocycles. The van der Waals surface area contributed by atoms with Crippen LogP contribution < -0.4 is 11.1 Å². The molecule has 4 nitrogen and oxygen atoms in total. The summed E-state index contributed by atoms with van der Waals surface area (Å²) in [5.41, 5.74) is 5.75. The summed E-state index contributed by atoms with van der Waals surface area (Å²) in [4.78, 5) is 12.2. The lowest BCUT2D eigenvalue weighted by molar-refractivity contribution is -0.124. The summed E-state index contributed by atoms with van der Waals surface area (Å²) in [5, 5.41) is 12.4. The van der Waals surface area contributed by atoms with Crippen molar-refractivity contribution in [1.29, 1.82) is 0 Å². The molecule has 1 amide bonds. The smallest absolute Gasteiger partial charge is 0.231 e. The molecule has 4 N–H and O–H groups in total. The quantitative estimate of drug-likeness (QED) is 0.699. The number of benzene rings is 1. The Bertz CT molecular complexity index is 412. The highest BCUT2D eigenvalue weighted by molar-refractivity contribution is 5.96. The number of rotatable bonds is 3. The van der Waals surface area contributed by atoms with Crippen molar-refractivity contribution in [3.05, 3.63) is 24.3 Å². The number of carbonyl (C=O) groups excluding carboxylic acids is 1. The van der Waals surface area contributed by atoms with E-state index in [9.17, 15) is 9.90 Å². The summed E-state index contributed by atoms with van der Waals surface area (Å²) in [7, 11) is 0. The van der Waals surface area contributed by atoms with E-state index in [1.807, 2.05) is 0 Å². The summed E-state index contributed by atoms with van der Waals surface area (Å²) in [6, 6.07) is 6.74. The first-order valence-electron chi connectivity index (χ1n) is 5.97. The van der Waals surface area contributed by atoms with E-state index in [0.29, 0.717) is 12.2 Å². The Morgan fingerprint density at radius 2 is 2.00 bits per heavy atom. The second-order valence-corrected chi connectivity index (χ2v) is 4.66. The van der Waals surface area contributed by atoms with Crippen molar-refractivity contribution in [2.75, 3.05) is 11.9 Å². The maximum atomic E-state index is 12.2. The minimum absolute atomic E-state index is 0.0704. The maximum absolute atomic E-state index is 12.2. The molecule has 92 valence electrons. The lowest BCUT2D eigenvalue weighted by atomic mass is 9.85. The summed E-state index contributed by atoms with van der Waals surface area (Å²) in [6.07, 6.45) is 3.77. The van der Waals surface area contributed by atoms with Gasteiger partial charge >= 0.3 is 0 Å². The lowest BCUT2D eigenvalue weighted by Gasteiger charge is -2.25. The number of hydrogen-bond acceptors (Lipinski definition) is 3. The topological polar surface area (TPSA) is 75.4 Å². The Balaban J connectivity index is 2.14. The third-order valence-electron chi connectivity index (χ3n) is 3.59. The van der Waals surface area contributed by atoms with Gasteiger partial charge in [-0.3, -0.25) is 4.79 Å². The van der Waals surface area contributed by atoms with Gasteiger partial charge in [0.05, 0.1) is 11.1 Å². The summed E-state index contributed by atoms with van der Waals surface area (Å²) in [6.45, 7) is 0.367. The van der Waals surface area contributed by atoms with Crippen molar-refractivity contribution >= 4 is 11.6 Å². The van der Waals surface area contributed by atoms with Crippen LogP contribution in [0.5, 0.6) is 5.75 Å². The van der Waals surface area contributed by atoms with Crippen molar-refractivity contribution < 1.29 is 9.90 Å². The standard InChI is InChI=1S/C13H18N2O2/c14-9-13(7-3-4-8-13)12(17)15-10-5-1-2-6-11(10)16/h1-2,5-6,16H,3-4,7-9,14H2,(H,15,17). The Labute approximate surface area is 101 Å². The van der Waals surface area contributed by atoms with Crippen molar-refractivity contribution in [3.63, 3.8) is 0 Å². The molecule has 17 heavy (non-hydrogen) atoms. The number of anilines is 1. The molecule has 0 spiro atoms. The van der Waals surface area contributed by atoms with Gasteiger partial charge in [-0.2, -0.15) is 0 Å². The SMILES string of the molecule is NCC1(C(=O)Nc2ccccc2O)CCCC1. The van der Waals surface area contributed by atoms with E-state index in [0.717, 1.165) is 25.7 Å². The Hall–Kier alpha value is -1.55. The highest BCUT2D eigenvalue weighted by atomic mass is 16.3. The van der Waals surface area contributed by atoms with Crippen LogP contribution in [-0.4, -0.2) is 17.6 Å². The number of nitrogens with one attached hydrogen (secondary N) is 1. The van der Waals surface area contributed by atoms with Crippen molar-refractivity contribution in [3.8, 4) is 5.75 Å². The number of amides is 1. The fourth-order valence-corrected chi connectivity index (χ4v) is 2.41. The van der Waals surface area contributed by atoms with Crippen LogP contribution in [0.4, 0.5) is 5.69 Å². The molecule has 0 atom stereocenters. The van der Waals surface area contributed by atoms with Gasteiger partial charge in [-0.05, 0) is 25.0 Å². The Morgan fingerprint density at radius 1 is 1.35 bits per heavy atom. The van der Waals surface area contributed by atoms with Gasteiger partial charge in [0.2, 0.25) is 5.91 Å². The minimum Gasteiger partial charge on any atom is -0.506 e. The van der Waals surface area contributed by atoms with Crippen LogP contribution in [-0.2, 0) is 4.79 Å². The molecule has 1 fully saturated rings. The fourth-order valence-electron chi connectivity index (χ4n) is 2.41. The second-order valence-electron chi connectivity index (χ2n) is 4.66. The molecule has 1 aromatic rings. The minimum atomic E-state index is -0.442. The predicted octanol–water partition coefficient (Wildman–Crippen LogP) is 1.85. The number of phenolic OH excluding ortho intramolecular Hbond substituents is 1. The molecule has 0 saturated heterocycles. The zero-order chi connectivity index (χ0) is 12.3. The molecule has 0 heterocycles. The molecule has 0 aliphatic heterocycles. The number of aromatic hydroxyl groups is 1. The molecule has 4 heteroatoms. The molecule has 1 saturated carbocycles. The van der Waals surface area contributed by atoms with Crippen molar-refractivity contribution in [2.24, 2.45) is 11.1 Å². The molecule has 0 bridgehead atoms. The summed E-state index contributed by atoms with van der Waals surface area (Å²) < 4.78 is 0. The molecular formula is C13H18N2O2. The fraction of sp³-hybridized carbons (Fsp3) is 0.462. The van der Waals surface area contributed by atoms with E-state index < -0.39 is 5.41 Å². The van der Waals surface area contributed by atoms with E-state index >= 15 is 0 Å². The van der Waals surface area contributed by atoms with Crippen LogP contribution in [0, 0.1) is 5.41 Å². The molecule has 0 aromatic heterocycles. The van der Waals surface area contributed by atoms with Crippen molar-refractivity contribution in [1.82, 2.24) is 0 Å². The van der Waals surface area contributed by atoms with E-state index in [4.69, 9.17) is 5.73 Å². The average molecular weight is 234 g/mol. The van der Waals surface area contributed by atoms with E-state index in [2.05, 4.69) is 5.32 Å². The van der Waals surface area contributed by atoms with Gasteiger partial charge in [-0.25, -0.2) is 0 Å². The molecule has 2 rings (SSSR count). The lowest BCUT2D eigenvalue weighted by Crippen LogP contribution is -2.40. The van der Waals surface area contributed by atoms with Crippen LogP contribution in [0.2, 0.25) is 0 Å². The first-order valence-corrected chi connectivity index (χ1v) is 5.97. The molecule has 1 aliphatic rings. The number of nitrogens with two attached hydrogens (primary N) is 1. The van der Waals surface area contributed by atoms with Gasteiger partial charge in [0.25, 0.3) is 0 Å². The van der Waals surface area contributed by atoms with Crippen LogP contribution in [0.15, 0.2) is 24.3 Å². The maximum Gasteiger partial charge on any atom is 0.231 e. The number of hydrogen-bond donors (Lipinski definition) is 3. The summed E-state index contributed by atoms with van der Waals surface area (Å²) >= 11 is 0. The Kier molecular flexibility index (Phi) is 3.33. The van der Waals surface area contributed by atoms with Crippen LogP contribution in [0.3, 0.4) is 0 Å². The summed E-state index contributed by atoms with van der Waals surface area (Å²) in [5.74, 6) is 0.0185. The molecular weight excluding hydrogens is 216 g/mol.